The first-order chi connectivity index (χ1) is 8.44. The summed E-state index contributed by atoms with van der Waals surface area (Å²) in [5.74, 6) is 0. The first-order valence-corrected chi connectivity index (χ1v) is 6.78. The quantitative estimate of drug-likeness (QED) is 0.600. The van der Waals surface area contributed by atoms with E-state index in [1.165, 1.54) is 0 Å². The second-order valence-corrected chi connectivity index (χ2v) is 4.62. The molecule has 0 aromatic heterocycles. The highest BCUT2D eigenvalue weighted by atomic mass is 15.2. The highest BCUT2D eigenvalue weighted by molar-refractivity contribution is 5.30. The van der Waals surface area contributed by atoms with Gasteiger partial charge in [-0.15, -0.1) is 0 Å². The lowest BCUT2D eigenvalue weighted by Gasteiger charge is -2.28. The summed E-state index contributed by atoms with van der Waals surface area (Å²) in [7, 11) is 0. The molecule has 0 saturated carbocycles. The van der Waals surface area contributed by atoms with Gasteiger partial charge >= 0.3 is 0 Å². The standard InChI is InChI=1S/C9H12.C8H19N/c1-4-7-8-9(5-2)6-3;1-6-9(7(2)3)8(4)5/h4-8H,2-3H2,1H3;7-8H,6H2,1-5H3/b7-4-;. The van der Waals surface area contributed by atoms with Crippen molar-refractivity contribution < 1.29 is 0 Å². The topological polar surface area (TPSA) is 3.24 Å². The highest BCUT2D eigenvalue weighted by Crippen LogP contribution is 2.02. The van der Waals surface area contributed by atoms with Gasteiger partial charge in [-0.1, -0.05) is 50.5 Å². The van der Waals surface area contributed by atoms with Crippen LogP contribution in [0.3, 0.4) is 0 Å². The number of allylic oxidation sites excluding steroid dienone is 6. The Hall–Kier alpha value is -1.08. The molecular weight excluding hydrogens is 218 g/mol. The predicted molar refractivity (Wildman–Crippen MR) is 85.9 cm³/mol. The molecule has 0 aromatic rings. The molecule has 0 saturated heterocycles. The molecule has 0 N–H and O–H groups in total. The largest absolute Gasteiger partial charge is 0.299 e. The van der Waals surface area contributed by atoms with Crippen LogP contribution in [0.5, 0.6) is 0 Å². The van der Waals surface area contributed by atoms with E-state index in [0.717, 1.165) is 12.1 Å². The van der Waals surface area contributed by atoms with Crippen LogP contribution in [0.4, 0.5) is 0 Å². The average molecular weight is 249 g/mol. The molecule has 0 atom stereocenters. The van der Waals surface area contributed by atoms with E-state index in [-0.39, 0.29) is 0 Å². The molecule has 0 amide bonds. The first-order valence-electron chi connectivity index (χ1n) is 6.78. The summed E-state index contributed by atoms with van der Waals surface area (Å²) in [5, 5.41) is 0. The van der Waals surface area contributed by atoms with Gasteiger partial charge in [0, 0.05) is 12.1 Å². The number of hydrogen-bond acceptors (Lipinski definition) is 1. The molecule has 0 heterocycles. The summed E-state index contributed by atoms with van der Waals surface area (Å²) < 4.78 is 0. The third-order valence-electron chi connectivity index (χ3n) is 2.64. The van der Waals surface area contributed by atoms with Crippen molar-refractivity contribution in [2.24, 2.45) is 0 Å². The van der Waals surface area contributed by atoms with E-state index in [0.29, 0.717) is 12.1 Å². The Morgan fingerprint density at radius 1 is 1.06 bits per heavy atom. The van der Waals surface area contributed by atoms with E-state index >= 15 is 0 Å². The summed E-state index contributed by atoms with van der Waals surface area (Å²) in [5.41, 5.74) is 1.05. The van der Waals surface area contributed by atoms with E-state index < -0.39 is 0 Å². The lowest BCUT2D eigenvalue weighted by atomic mass is 10.2. The zero-order valence-corrected chi connectivity index (χ0v) is 13.1. The van der Waals surface area contributed by atoms with Crippen molar-refractivity contribution in [2.45, 2.75) is 53.6 Å². The molecule has 18 heavy (non-hydrogen) atoms. The van der Waals surface area contributed by atoms with Crippen molar-refractivity contribution in [1.29, 1.82) is 0 Å². The van der Waals surface area contributed by atoms with Crippen LogP contribution in [0.15, 0.2) is 49.1 Å². The molecule has 0 aliphatic rings. The molecule has 0 spiro atoms. The summed E-state index contributed by atoms with van der Waals surface area (Å²) in [6, 6.07) is 1.38. The Morgan fingerprint density at radius 2 is 1.50 bits per heavy atom. The fourth-order valence-electron chi connectivity index (χ4n) is 1.75. The molecule has 1 nitrogen and oxygen atoms in total. The van der Waals surface area contributed by atoms with Gasteiger partial charge in [-0.2, -0.15) is 0 Å². The van der Waals surface area contributed by atoms with E-state index in [1.807, 2.05) is 25.2 Å². The van der Waals surface area contributed by atoms with Crippen molar-refractivity contribution in [3.63, 3.8) is 0 Å². The van der Waals surface area contributed by atoms with Gasteiger partial charge in [0.25, 0.3) is 0 Å². The van der Waals surface area contributed by atoms with E-state index in [2.05, 4.69) is 52.7 Å². The number of rotatable bonds is 6. The SMILES string of the molecule is C=CC(C=C)=C/C=C\C.CCN(C(C)C)C(C)C. The van der Waals surface area contributed by atoms with Crippen molar-refractivity contribution in [2.75, 3.05) is 6.54 Å². The Balaban J connectivity index is 0. The van der Waals surface area contributed by atoms with Crippen molar-refractivity contribution in [3.8, 4) is 0 Å². The van der Waals surface area contributed by atoms with Gasteiger partial charge in [-0.05, 0) is 46.7 Å². The third kappa shape index (κ3) is 10.1. The minimum absolute atomic E-state index is 0.690. The normalized spacial score (nSPS) is 10.5. The Morgan fingerprint density at radius 3 is 1.67 bits per heavy atom. The van der Waals surface area contributed by atoms with Crippen molar-refractivity contribution in [3.05, 3.63) is 49.1 Å². The molecule has 0 aromatic carbocycles. The lowest BCUT2D eigenvalue weighted by molar-refractivity contribution is 0.185. The summed E-state index contributed by atoms with van der Waals surface area (Å²) >= 11 is 0. The highest BCUT2D eigenvalue weighted by Gasteiger charge is 2.08. The Labute approximate surface area is 115 Å². The van der Waals surface area contributed by atoms with Gasteiger partial charge in [0.2, 0.25) is 0 Å². The second kappa shape index (κ2) is 12.4. The van der Waals surface area contributed by atoms with E-state index in [1.54, 1.807) is 12.2 Å². The van der Waals surface area contributed by atoms with Gasteiger partial charge in [0.15, 0.2) is 0 Å². The minimum Gasteiger partial charge on any atom is -0.299 e. The molecule has 0 aliphatic heterocycles. The Bertz CT molecular complexity index is 251. The molecule has 0 rings (SSSR count). The maximum Gasteiger partial charge on any atom is 0.00411 e. The molecule has 0 radical (unpaired) electrons. The number of hydrogen-bond donors (Lipinski definition) is 0. The van der Waals surface area contributed by atoms with Crippen LogP contribution in [-0.2, 0) is 0 Å². The number of nitrogens with zero attached hydrogens (tertiary/aromatic N) is 1. The van der Waals surface area contributed by atoms with Crippen LogP contribution in [0.2, 0.25) is 0 Å². The zero-order valence-electron chi connectivity index (χ0n) is 13.1. The van der Waals surface area contributed by atoms with Crippen LogP contribution in [0.1, 0.15) is 41.5 Å². The fourth-order valence-corrected chi connectivity index (χ4v) is 1.75. The minimum atomic E-state index is 0.690. The summed E-state index contributed by atoms with van der Waals surface area (Å²) in [4.78, 5) is 2.46. The summed E-state index contributed by atoms with van der Waals surface area (Å²) in [6.45, 7) is 21.5. The van der Waals surface area contributed by atoms with Crippen LogP contribution in [0.25, 0.3) is 0 Å². The first kappa shape index (κ1) is 19.3. The Kier molecular flexibility index (Phi) is 13.2. The molecule has 104 valence electrons. The van der Waals surface area contributed by atoms with Crippen molar-refractivity contribution >= 4 is 0 Å². The molecule has 0 unspecified atom stereocenters. The molecule has 1 heteroatoms. The van der Waals surface area contributed by atoms with Crippen LogP contribution < -0.4 is 0 Å². The van der Waals surface area contributed by atoms with Gasteiger partial charge < -0.3 is 0 Å². The fraction of sp³-hybridized carbons (Fsp3) is 0.529. The molecule has 0 fully saturated rings. The van der Waals surface area contributed by atoms with Crippen molar-refractivity contribution in [1.82, 2.24) is 4.90 Å². The van der Waals surface area contributed by atoms with Crippen LogP contribution >= 0.6 is 0 Å². The van der Waals surface area contributed by atoms with Crippen LogP contribution in [-0.4, -0.2) is 23.5 Å². The molecule has 0 bridgehead atoms. The second-order valence-electron chi connectivity index (χ2n) is 4.62. The van der Waals surface area contributed by atoms with E-state index in [9.17, 15) is 0 Å². The molecular formula is C17H31N. The van der Waals surface area contributed by atoms with E-state index in [4.69, 9.17) is 0 Å². The monoisotopic (exact) mass is 249 g/mol. The van der Waals surface area contributed by atoms with Gasteiger partial charge in [-0.25, -0.2) is 0 Å². The lowest BCUT2D eigenvalue weighted by Crippen LogP contribution is -2.36. The smallest absolute Gasteiger partial charge is 0.00411 e. The molecule has 0 aliphatic carbocycles. The maximum absolute atomic E-state index is 3.61. The zero-order chi connectivity index (χ0) is 14.6. The van der Waals surface area contributed by atoms with Gasteiger partial charge in [0.1, 0.15) is 0 Å². The predicted octanol–water partition coefficient (Wildman–Crippen LogP) is 4.99. The average Bonchev–Trinajstić information content (AvgIpc) is 2.31. The van der Waals surface area contributed by atoms with Gasteiger partial charge in [-0.3, -0.25) is 4.90 Å². The summed E-state index contributed by atoms with van der Waals surface area (Å²) in [6.07, 6.45) is 9.42. The van der Waals surface area contributed by atoms with Crippen LogP contribution in [0, 0.1) is 0 Å². The third-order valence-corrected chi connectivity index (χ3v) is 2.64. The van der Waals surface area contributed by atoms with Gasteiger partial charge in [0.05, 0.1) is 0 Å². The maximum atomic E-state index is 3.61.